The molecule has 0 aliphatic heterocycles. The highest BCUT2D eigenvalue weighted by Crippen LogP contribution is 2.24. The van der Waals surface area contributed by atoms with E-state index in [1.165, 1.54) is 6.07 Å². The topological polar surface area (TPSA) is 75.4 Å². The highest BCUT2D eigenvalue weighted by atomic mass is 35.5. The molecular weight excluding hydrogens is 373 g/mol. The predicted molar refractivity (Wildman–Crippen MR) is 93.8 cm³/mol. The van der Waals surface area contributed by atoms with E-state index >= 15 is 0 Å². The van der Waals surface area contributed by atoms with E-state index in [-0.39, 0.29) is 27.7 Å². The van der Waals surface area contributed by atoms with Crippen LogP contribution in [0.2, 0.25) is 10.2 Å². The van der Waals surface area contributed by atoms with E-state index in [4.69, 9.17) is 27.6 Å². The highest BCUT2D eigenvalue weighted by Gasteiger charge is 2.25. The summed E-state index contributed by atoms with van der Waals surface area (Å²) >= 11 is 11.7. The zero-order chi connectivity index (χ0) is 17.7. The average Bonchev–Trinajstić information content (AvgIpc) is 3.05. The highest BCUT2D eigenvalue weighted by molar-refractivity contribution is 7.89. The number of halogens is 2. The summed E-state index contributed by atoms with van der Waals surface area (Å²) in [5.74, 6) is 0.696. The molecule has 1 N–H and O–H groups in total. The SMILES string of the molecule is CCN(CC)[C@@H](CNS(=O)(=O)c1cnc(Cl)cc1Cl)c1ccco1. The first-order valence-corrected chi connectivity index (χ1v) is 9.71. The van der Waals surface area contributed by atoms with Crippen LogP contribution in [0, 0.1) is 0 Å². The van der Waals surface area contributed by atoms with Gasteiger partial charge < -0.3 is 4.42 Å². The standard InChI is InChI=1S/C15H19Cl2N3O3S/c1-3-20(4-2)12(13-6-5-7-23-13)9-19-24(21,22)14-10-18-15(17)8-11(14)16/h5-8,10,12,19H,3-4,9H2,1-2H3/t12-/m0/s1. The van der Waals surface area contributed by atoms with Crippen LogP contribution in [0.1, 0.15) is 25.6 Å². The van der Waals surface area contributed by atoms with Gasteiger partial charge in [0.05, 0.1) is 23.5 Å². The van der Waals surface area contributed by atoms with E-state index in [9.17, 15) is 8.42 Å². The van der Waals surface area contributed by atoms with Crippen LogP contribution in [0.4, 0.5) is 0 Å². The molecule has 24 heavy (non-hydrogen) atoms. The van der Waals surface area contributed by atoms with Crippen LogP contribution in [-0.2, 0) is 10.0 Å². The fourth-order valence-electron chi connectivity index (χ4n) is 2.41. The van der Waals surface area contributed by atoms with Crippen molar-refractivity contribution in [3.8, 4) is 0 Å². The van der Waals surface area contributed by atoms with Crippen LogP contribution in [0.3, 0.4) is 0 Å². The second-order valence-corrected chi connectivity index (χ2v) is 7.57. The molecule has 2 rings (SSSR count). The molecule has 1 atom stereocenters. The number of aromatic nitrogens is 1. The smallest absolute Gasteiger partial charge is 0.243 e. The maximum absolute atomic E-state index is 12.5. The molecule has 132 valence electrons. The van der Waals surface area contributed by atoms with Gasteiger partial charge in [0.2, 0.25) is 10.0 Å². The number of furan rings is 1. The minimum Gasteiger partial charge on any atom is -0.468 e. The Morgan fingerprint density at radius 2 is 2.04 bits per heavy atom. The van der Waals surface area contributed by atoms with Gasteiger partial charge in [-0.1, -0.05) is 37.0 Å². The quantitative estimate of drug-likeness (QED) is 0.698. The third kappa shape index (κ3) is 4.49. The Labute approximate surface area is 151 Å². The molecule has 0 saturated carbocycles. The molecule has 6 nitrogen and oxygen atoms in total. The van der Waals surface area contributed by atoms with Crippen LogP contribution in [0.5, 0.6) is 0 Å². The maximum Gasteiger partial charge on any atom is 0.243 e. The van der Waals surface area contributed by atoms with Gasteiger partial charge in [-0.25, -0.2) is 18.1 Å². The summed E-state index contributed by atoms with van der Waals surface area (Å²) in [5.41, 5.74) is 0. The van der Waals surface area contributed by atoms with E-state index in [1.54, 1.807) is 12.3 Å². The number of hydrogen-bond acceptors (Lipinski definition) is 5. The molecule has 2 heterocycles. The van der Waals surface area contributed by atoms with E-state index < -0.39 is 10.0 Å². The van der Waals surface area contributed by atoms with Gasteiger partial charge in [-0.3, -0.25) is 4.90 Å². The summed E-state index contributed by atoms with van der Waals surface area (Å²) in [6.07, 6.45) is 2.71. The third-order valence-corrected chi connectivity index (χ3v) is 5.75. The van der Waals surface area contributed by atoms with Crippen molar-refractivity contribution in [1.29, 1.82) is 0 Å². The number of likely N-dealkylation sites (N-methyl/N-ethyl adjacent to an activating group) is 1. The number of sulfonamides is 1. The Kier molecular flexibility index (Phi) is 6.65. The average molecular weight is 392 g/mol. The Hall–Kier alpha value is -1.12. The largest absolute Gasteiger partial charge is 0.468 e. The van der Waals surface area contributed by atoms with Crippen molar-refractivity contribution < 1.29 is 12.8 Å². The van der Waals surface area contributed by atoms with Gasteiger partial charge in [-0.05, 0) is 31.3 Å². The van der Waals surface area contributed by atoms with Gasteiger partial charge in [0.15, 0.2) is 0 Å². The number of rotatable bonds is 8. The summed E-state index contributed by atoms with van der Waals surface area (Å²) in [4.78, 5) is 5.78. The molecule has 9 heteroatoms. The predicted octanol–water partition coefficient (Wildman–Crippen LogP) is 3.34. The molecule has 0 aliphatic rings. The van der Waals surface area contributed by atoms with Gasteiger partial charge >= 0.3 is 0 Å². The summed E-state index contributed by atoms with van der Waals surface area (Å²) in [6.45, 7) is 5.68. The summed E-state index contributed by atoms with van der Waals surface area (Å²) in [5, 5.41) is 0.162. The molecule has 0 spiro atoms. The molecule has 0 amide bonds. The molecule has 2 aromatic rings. The number of nitrogens with one attached hydrogen (secondary N) is 1. The summed E-state index contributed by atoms with van der Waals surface area (Å²) < 4.78 is 33.1. The Balaban J connectivity index is 2.21. The molecule has 0 bridgehead atoms. The minimum absolute atomic E-state index is 0.0277. The maximum atomic E-state index is 12.5. The number of hydrogen-bond donors (Lipinski definition) is 1. The van der Waals surface area contributed by atoms with Crippen molar-refractivity contribution in [2.45, 2.75) is 24.8 Å². The van der Waals surface area contributed by atoms with Crippen molar-refractivity contribution in [2.75, 3.05) is 19.6 Å². The third-order valence-electron chi connectivity index (χ3n) is 3.67. The van der Waals surface area contributed by atoms with Crippen molar-refractivity contribution >= 4 is 33.2 Å². The van der Waals surface area contributed by atoms with Gasteiger partial charge in [0.25, 0.3) is 0 Å². The first-order valence-electron chi connectivity index (χ1n) is 7.47. The summed E-state index contributed by atoms with van der Waals surface area (Å²) in [6, 6.07) is 4.68. The molecule has 0 radical (unpaired) electrons. The fourth-order valence-corrected chi connectivity index (χ4v) is 4.12. The first kappa shape index (κ1) is 19.2. The molecule has 0 aliphatic carbocycles. The molecule has 0 aromatic carbocycles. The lowest BCUT2D eigenvalue weighted by molar-refractivity contribution is 0.194. The second-order valence-electron chi connectivity index (χ2n) is 5.04. The normalized spacial score (nSPS) is 13.4. The van der Waals surface area contributed by atoms with E-state index in [0.717, 1.165) is 19.3 Å². The number of pyridine rings is 1. The Morgan fingerprint density at radius 3 is 2.58 bits per heavy atom. The van der Waals surface area contributed by atoms with Crippen molar-refractivity contribution in [3.05, 3.63) is 46.6 Å². The van der Waals surface area contributed by atoms with Crippen LogP contribution in [-0.4, -0.2) is 37.9 Å². The van der Waals surface area contributed by atoms with Gasteiger partial charge in [0, 0.05) is 6.54 Å². The molecule has 0 unspecified atom stereocenters. The van der Waals surface area contributed by atoms with Crippen LogP contribution < -0.4 is 4.72 Å². The second kappa shape index (κ2) is 8.31. The van der Waals surface area contributed by atoms with Crippen molar-refractivity contribution in [3.63, 3.8) is 0 Å². The monoisotopic (exact) mass is 391 g/mol. The zero-order valence-corrected chi connectivity index (χ0v) is 15.7. The lowest BCUT2D eigenvalue weighted by atomic mass is 10.2. The molecule has 2 aromatic heterocycles. The fraction of sp³-hybridized carbons (Fsp3) is 0.400. The van der Waals surface area contributed by atoms with Gasteiger partial charge in [-0.2, -0.15) is 0 Å². The van der Waals surface area contributed by atoms with Gasteiger partial charge in [0.1, 0.15) is 15.8 Å². The lowest BCUT2D eigenvalue weighted by Gasteiger charge is -2.28. The zero-order valence-electron chi connectivity index (χ0n) is 13.4. The molecular formula is C15H19Cl2N3O3S. The summed E-state index contributed by atoms with van der Waals surface area (Å²) in [7, 11) is -3.82. The van der Waals surface area contributed by atoms with Gasteiger partial charge in [-0.15, -0.1) is 0 Å². The Bertz CT molecular complexity index is 762. The Morgan fingerprint density at radius 1 is 1.33 bits per heavy atom. The van der Waals surface area contributed by atoms with E-state index in [0.29, 0.717) is 5.76 Å². The lowest BCUT2D eigenvalue weighted by Crippen LogP contribution is -2.38. The van der Waals surface area contributed by atoms with Crippen LogP contribution in [0.25, 0.3) is 0 Å². The molecule has 0 saturated heterocycles. The van der Waals surface area contributed by atoms with E-state index in [1.807, 2.05) is 19.9 Å². The minimum atomic E-state index is -3.82. The first-order chi connectivity index (χ1) is 11.4. The number of nitrogens with zero attached hydrogens (tertiary/aromatic N) is 2. The van der Waals surface area contributed by atoms with Crippen molar-refractivity contribution in [1.82, 2.24) is 14.6 Å². The van der Waals surface area contributed by atoms with Crippen molar-refractivity contribution in [2.24, 2.45) is 0 Å². The van der Waals surface area contributed by atoms with Crippen LogP contribution >= 0.6 is 23.2 Å². The van der Waals surface area contributed by atoms with E-state index in [2.05, 4.69) is 14.6 Å². The van der Waals surface area contributed by atoms with Crippen LogP contribution in [0.15, 0.2) is 40.0 Å². The molecule has 0 fully saturated rings.